The molecular weight excluding hydrogens is 152 g/mol. The number of hydrogen-bond donors (Lipinski definition) is 1. The maximum atomic E-state index is 10.7. The number of amides is 1. The van der Waals surface area contributed by atoms with Gasteiger partial charge in [0.2, 0.25) is 5.91 Å². The minimum atomic E-state index is 0.0658. The van der Waals surface area contributed by atoms with Crippen molar-refractivity contribution in [2.45, 2.75) is 19.8 Å². The Morgan fingerprint density at radius 3 is 2.67 bits per heavy atom. The molecule has 0 spiro atoms. The second-order valence-corrected chi connectivity index (χ2v) is 2.92. The van der Waals surface area contributed by atoms with Crippen LogP contribution in [-0.4, -0.2) is 31.4 Å². The zero-order valence-corrected chi connectivity index (χ0v) is 8.13. The maximum absolute atomic E-state index is 10.7. The molecule has 0 saturated carbocycles. The average molecular weight is 170 g/mol. The van der Waals surface area contributed by atoms with Crippen molar-refractivity contribution >= 4 is 5.91 Å². The van der Waals surface area contributed by atoms with Crippen LogP contribution in [0.5, 0.6) is 0 Å². The molecule has 0 aromatic carbocycles. The van der Waals surface area contributed by atoms with E-state index in [9.17, 15) is 4.79 Å². The number of nitrogens with one attached hydrogen (secondary N) is 1. The third-order valence-electron chi connectivity index (χ3n) is 1.43. The fourth-order valence-electron chi connectivity index (χ4n) is 0.670. The largest absolute Gasteiger partial charge is 0.333 e. The van der Waals surface area contributed by atoms with Crippen LogP contribution in [-0.2, 0) is 4.79 Å². The van der Waals surface area contributed by atoms with Gasteiger partial charge in [-0.05, 0) is 26.7 Å². The molecule has 0 aliphatic heterocycles. The van der Waals surface area contributed by atoms with Gasteiger partial charge < -0.3 is 10.2 Å². The smallest absolute Gasteiger partial charge is 0.223 e. The number of carbonyl (C=O) groups is 1. The maximum Gasteiger partial charge on any atom is 0.223 e. The fourth-order valence-corrected chi connectivity index (χ4v) is 0.670. The van der Waals surface area contributed by atoms with Gasteiger partial charge in [-0.25, -0.2) is 0 Å². The molecule has 0 bridgehead atoms. The molecule has 0 aromatic heterocycles. The predicted molar refractivity (Wildman–Crippen MR) is 50.7 cm³/mol. The normalized spacial score (nSPS) is 11.0. The molecule has 0 aliphatic rings. The summed E-state index contributed by atoms with van der Waals surface area (Å²) in [5.74, 6) is 0.0658. The highest BCUT2D eigenvalue weighted by atomic mass is 16.1. The van der Waals surface area contributed by atoms with Crippen LogP contribution in [0.15, 0.2) is 12.3 Å². The van der Waals surface area contributed by atoms with Crippen LogP contribution in [0.4, 0.5) is 0 Å². The molecule has 12 heavy (non-hydrogen) atoms. The van der Waals surface area contributed by atoms with Crippen LogP contribution >= 0.6 is 0 Å². The van der Waals surface area contributed by atoms with Gasteiger partial charge >= 0.3 is 0 Å². The van der Waals surface area contributed by atoms with Gasteiger partial charge in [0.1, 0.15) is 0 Å². The zero-order valence-electron chi connectivity index (χ0n) is 8.13. The Labute approximate surface area is 74.4 Å². The molecule has 0 heterocycles. The van der Waals surface area contributed by atoms with E-state index in [1.165, 1.54) is 0 Å². The lowest BCUT2D eigenvalue weighted by atomic mass is 10.4. The summed E-state index contributed by atoms with van der Waals surface area (Å²) in [6, 6.07) is 0. The van der Waals surface area contributed by atoms with Crippen LogP contribution in [0.25, 0.3) is 0 Å². The highest BCUT2D eigenvalue weighted by Gasteiger charge is 1.89. The Bertz CT molecular complexity index is 153. The molecule has 1 N–H and O–H groups in total. The first-order valence-electron chi connectivity index (χ1n) is 4.26. The van der Waals surface area contributed by atoms with Gasteiger partial charge in [-0.3, -0.25) is 4.79 Å². The van der Waals surface area contributed by atoms with Crippen LogP contribution in [0.3, 0.4) is 0 Å². The Kier molecular flexibility index (Phi) is 6.38. The molecule has 0 unspecified atom stereocenters. The monoisotopic (exact) mass is 170 g/mol. The van der Waals surface area contributed by atoms with E-state index in [0.29, 0.717) is 6.42 Å². The van der Waals surface area contributed by atoms with Crippen molar-refractivity contribution in [2.75, 3.05) is 20.6 Å². The van der Waals surface area contributed by atoms with Gasteiger partial charge in [0.05, 0.1) is 0 Å². The van der Waals surface area contributed by atoms with E-state index in [4.69, 9.17) is 0 Å². The molecule has 0 aromatic rings. The molecule has 0 fully saturated rings. The Balaban J connectivity index is 3.31. The summed E-state index contributed by atoms with van der Waals surface area (Å²) in [4.78, 5) is 12.8. The highest BCUT2D eigenvalue weighted by Crippen LogP contribution is 1.84. The van der Waals surface area contributed by atoms with Crippen molar-refractivity contribution in [3.8, 4) is 0 Å². The van der Waals surface area contributed by atoms with Gasteiger partial charge in [0, 0.05) is 13.0 Å². The second kappa shape index (κ2) is 6.85. The lowest BCUT2D eigenvalue weighted by Crippen LogP contribution is -2.15. The quantitative estimate of drug-likeness (QED) is 0.667. The molecule has 1 amide bonds. The van der Waals surface area contributed by atoms with Crippen molar-refractivity contribution in [1.82, 2.24) is 10.2 Å². The summed E-state index contributed by atoms with van der Waals surface area (Å²) < 4.78 is 0. The summed E-state index contributed by atoms with van der Waals surface area (Å²) in [6.07, 6.45) is 5.19. The first-order valence-corrected chi connectivity index (χ1v) is 4.26. The molecule has 0 aliphatic carbocycles. The average Bonchev–Trinajstić information content (AvgIpc) is 2.03. The third-order valence-corrected chi connectivity index (χ3v) is 1.43. The minimum absolute atomic E-state index is 0.0658. The van der Waals surface area contributed by atoms with E-state index in [0.717, 1.165) is 13.0 Å². The van der Waals surface area contributed by atoms with Crippen LogP contribution < -0.4 is 5.32 Å². The molecule has 0 atom stereocenters. The summed E-state index contributed by atoms with van der Waals surface area (Å²) in [5.41, 5.74) is 0. The lowest BCUT2D eigenvalue weighted by Gasteiger charge is -2.05. The van der Waals surface area contributed by atoms with Gasteiger partial charge in [0.25, 0.3) is 0 Å². The van der Waals surface area contributed by atoms with Gasteiger partial charge in [-0.2, -0.15) is 0 Å². The van der Waals surface area contributed by atoms with Gasteiger partial charge in [-0.1, -0.05) is 13.0 Å². The van der Waals surface area contributed by atoms with Crippen molar-refractivity contribution in [3.05, 3.63) is 12.3 Å². The summed E-state index contributed by atoms with van der Waals surface area (Å²) in [7, 11) is 4.05. The Hall–Kier alpha value is -0.830. The van der Waals surface area contributed by atoms with E-state index in [1.807, 2.05) is 27.1 Å². The Morgan fingerprint density at radius 1 is 1.50 bits per heavy atom. The number of rotatable bonds is 5. The molecule has 70 valence electrons. The fraction of sp³-hybridized carbons (Fsp3) is 0.667. The van der Waals surface area contributed by atoms with Gasteiger partial charge in [-0.15, -0.1) is 0 Å². The van der Waals surface area contributed by atoms with Crippen molar-refractivity contribution in [1.29, 1.82) is 0 Å². The topological polar surface area (TPSA) is 32.3 Å². The SMILES string of the molecule is CCC(=O)N/C=C/CCN(C)C. The number of carbonyl (C=O) groups excluding carboxylic acids is 1. The molecule has 0 radical (unpaired) electrons. The molecule has 0 saturated heterocycles. The first kappa shape index (κ1) is 11.2. The number of hydrogen-bond acceptors (Lipinski definition) is 2. The summed E-state index contributed by atoms with van der Waals surface area (Å²) >= 11 is 0. The van der Waals surface area contributed by atoms with Crippen LogP contribution in [0, 0.1) is 0 Å². The van der Waals surface area contributed by atoms with E-state index in [1.54, 1.807) is 6.20 Å². The third kappa shape index (κ3) is 7.28. The lowest BCUT2D eigenvalue weighted by molar-refractivity contribution is -0.119. The second-order valence-electron chi connectivity index (χ2n) is 2.92. The van der Waals surface area contributed by atoms with E-state index in [2.05, 4.69) is 10.2 Å². The molecule has 3 nitrogen and oxygen atoms in total. The van der Waals surface area contributed by atoms with Crippen molar-refractivity contribution in [2.24, 2.45) is 0 Å². The predicted octanol–water partition coefficient (Wildman–Crippen LogP) is 0.978. The Morgan fingerprint density at radius 2 is 2.17 bits per heavy atom. The summed E-state index contributed by atoms with van der Waals surface area (Å²) in [6.45, 7) is 2.85. The minimum Gasteiger partial charge on any atom is -0.333 e. The van der Waals surface area contributed by atoms with Crippen LogP contribution in [0.2, 0.25) is 0 Å². The standard InChI is InChI=1S/C9H18N2O/c1-4-9(12)10-7-5-6-8-11(2)3/h5,7H,4,6,8H2,1-3H3,(H,10,12)/b7-5+. The van der Waals surface area contributed by atoms with E-state index in [-0.39, 0.29) is 5.91 Å². The van der Waals surface area contributed by atoms with Crippen LogP contribution in [0.1, 0.15) is 19.8 Å². The molecule has 3 heteroatoms. The molecular formula is C9H18N2O. The van der Waals surface area contributed by atoms with Gasteiger partial charge in [0.15, 0.2) is 0 Å². The van der Waals surface area contributed by atoms with Crippen molar-refractivity contribution in [3.63, 3.8) is 0 Å². The summed E-state index contributed by atoms with van der Waals surface area (Å²) in [5, 5.41) is 2.67. The molecule has 0 rings (SSSR count). The number of nitrogens with zero attached hydrogens (tertiary/aromatic N) is 1. The zero-order chi connectivity index (χ0) is 9.40. The van der Waals surface area contributed by atoms with E-state index >= 15 is 0 Å². The highest BCUT2D eigenvalue weighted by molar-refractivity contribution is 5.76. The van der Waals surface area contributed by atoms with E-state index < -0.39 is 0 Å². The first-order chi connectivity index (χ1) is 5.66. The van der Waals surface area contributed by atoms with Crippen molar-refractivity contribution < 1.29 is 4.79 Å².